The zero-order valence-electron chi connectivity index (χ0n) is 14.0. The maximum absolute atomic E-state index is 12.7. The van der Waals surface area contributed by atoms with E-state index in [-0.39, 0.29) is 11.9 Å². The normalized spacial score (nSPS) is 15.9. The lowest BCUT2D eigenvalue weighted by Gasteiger charge is -2.34. The van der Waals surface area contributed by atoms with Gasteiger partial charge in [0.2, 0.25) is 0 Å². The van der Waals surface area contributed by atoms with E-state index in [9.17, 15) is 4.79 Å². The summed E-state index contributed by atoms with van der Waals surface area (Å²) >= 11 is 5.86. The highest BCUT2D eigenvalue weighted by molar-refractivity contribution is 6.30. The highest BCUT2D eigenvalue weighted by atomic mass is 35.5. The van der Waals surface area contributed by atoms with Crippen LogP contribution in [0.25, 0.3) is 0 Å². The van der Waals surface area contributed by atoms with E-state index in [1.807, 2.05) is 27.8 Å². The first-order chi connectivity index (χ1) is 11.5. The predicted octanol–water partition coefficient (Wildman–Crippen LogP) is 2.47. The summed E-state index contributed by atoms with van der Waals surface area (Å²) in [6, 6.07) is 4.03. The van der Waals surface area contributed by atoms with Gasteiger partial charge in [-0.3, -0.25) is 14.7 Å². The summed E-state index contributed by atoms with van der Waals surface area (Å²) < 4.78 is 1.92. The Bertz CT molecular complexity index is 689. The van der Waals surface area contributed by atoms with Crippen molar-refractivity contribution in [3.8, 4) is 0 Å². The molecule has 3 heterocycles. The minimum absolute atomic E-state index is 0.0120. The number of imidazole rings is 1. The van der Waals surface area contributed by atoms with Crippen LogP contribution < -0.4 is 0 Å². The van der Waals surface area contributed by atoms with Crippen molar-refractivity contribution in [1.29, 1.82) is 0 Å². The first-order valence-electron chi connectivity index (χ1n) is 8.19. The number of piperazine rings is 1. The van der Waals surface area contributed by atoms with Gasteiger partial charge in [0.05, 0.1) is 10.7 Å². The van der Waals surface area contributed by atoms with E-state index in [4.69, 9.17) is 11.6 Å². The SMILES string of the molecule is CC(C)n1ccnc1C(=O)N1CCN(Cc2ccc(Cl)cn2)CC1. The summed E-state index contributed by atoms with van der Waals surface area (Å²) in [5.41, 5.74) is 0.995. The molecule has 6 nitrogen and oxygen atoms in total. The zero-order valence-corrected chi connectivity index (χ0v) is 14.8. The summed E-state index contributed by atoms with van der Waals surface area (Å²) in [5, 5.41) is 0.648. The van der Waals surface area contributed by atoms with Crippen molar-refractivity contribution < 1.29 is 4.79 Å². The molecule has 24 heavy (non-hydrogen) atoms. The van der Waals surface area contributed by atoms with Gasteiger partial charge in [0.1, 0.15) is 0 Å². The number of hydrogen-bond donors (Lipinski definition) is 0. The molecule has 0 atom stereocenters. The standard InChI is InChI=1S/C17H22ClN5O/c1-13(2)23-6-5-19-16(23)17(24)22-9-7-21(8-10-22)12-15-4-3-14(18)11-20-15/h3-6,11,13H,7-10,12H2,1-2H3. The van der Waals surface area contributed by atoms with Crippen molar-refractivity contribution in [2.45, 2.75) is 26.4 Å². The fourth-order valence-electron chi connectivity index (χ4n) is 2.87. The molecule has 1 saturated heterocycles. The average molecular weight is 348 g/mol. The highest BCUT2D eigenvalue weighted by Crippen LogP contribution is 2.14. The number of rotatable bonds is 4. The molecule has 7 heteroatoms. The van der Waals surface area contributed by atoms with E-state index in [1.54, 1.807) is 12.4 Å². The molecule has 0 bridgehead atoms. The molecule has 2 aromatic heterocycles. The topological polar surface area (TPSA) is 54.3 Å². The maximum Gasteiger partial charge on any atom is 0.289 e. The monoisotopic (exact) mass is 347 g/mol. The van der Waals surface area contributed by atoms with Gasteiger partial charge < -0.3 is 9.47 Å². The smallest absolute Gasteiger partial charge is 0.289 e. The van der Waals surface area contributed by atoms with Crippen LogP contribution in [0.4, 0.5) is 0 Å². The van der Waals surface area contributed by atoms with Gasteiger partial charge in [-0.1, -0.05) is 11.6 Å². The summed E-state index contributed by atoms with van der Waals surface area (Å²) in [4.78, 5) is 25.4. The molecule has 0 saturated carbocycles. The van der Waals surface area contributed by atoms with Crippen molar-refractivity contribution in [3.05, 3.63) is 47.3 Å². The highest BCUT2D eigenvalue weighted by Gasteiger charge is 2.25. The van der Waals surface area contributed by atoms with E-state index in [2.05, 4.69) is 28.7 Å². The van der Waals surface area contributed by atoms with Crippen molar-refractivity contribution in [2.24, 2.45) is 0 Å². The van der Waals surface area contributed by atoms with Crippen LogP contribution in [0.3, 0.4) is 0 Å². The van der Waals surface area contributed by atoms with Crippen molar-refractivity contribution in [1.82, 2.24) is 24.3 Å². The number of hydrogen-bond acceptors (Lipinski definition) is 4. The average Bonchev–Trinajstić information content (AvgIpc) is 3.07. The molecule has 128 valence electrons. The van der Waals surface area contributed by atoms with Crippen LogP contribution in [0, 0.1) is 0 Å². The third kappa shape index (κ3) is 3.76. The summed E-state index contributed by atoms with van der Waals surface area (Å²) in [5.74, 6) is 0.538. The lowest BCUT2D eigenvalue weighted by molar-refractivity contribution is 0.0608. The van der Waals surface area contributed by atoms with E-state index in [0.717, 1.165) is 25.3 Å². The molecule has 0 unspecified atom stereocenters. The molecule has 0 spiro atoms. The van der Waals surface area contributed by atoms with Crippen LogP contribution in [0.5, 0.6) is 0 Å². The van der Waals surface area contributed by atoms with E-state index in [0.29, 0.717) is 23.9 Å². The minimum Gasteiger partial charge on any atom is -0.333 e. The van der Waals surface area contributed by atoms with E-state index < -0.39 is 0 Å². The van der Waals surface area contributed by atoms with Gasteiger partial charge in [-0.25, -0.2) is 4.98 Å². The first-order valence-corrected chi connectivity index (χ1v) is 8.57. The lowest BCUT2D eigenvalue weighted by atomic mass is 10.2. The van der Waals surface area contributed by atoms with Crippen LogP contribution >= 0.6 is 11.6 Å². The predicted molar refractivity (Wildman–Crippen MR) is 93.0 cm³/mol. The van der Waals surface area contributed by atoms with Crippen molar-refractivity contribution in [3.63, 3.8) is 0 Å². The van der Waals surface area contributed by atoms with E-state index >= 15 is 0 Å². The number of amides is 1. The second-order valence-electron chi connectivity index (χ2n) is 6.29. The molecule has 0 aromatic carbocycles. The second kappa shape index (κ2) is 7.32. The molecule has 0 aliphatic carbocycles. The van der Waals surface area contributed by atoms with Gasteiger partial charge in [0, 0.05) is 57.4 Å². The van der Waals surface area contributed by atoms with Crippen LogP contribution in [0.1, 0.15) is 36.2 Å². The first kappa shape index (κ1) is 16.9. The molecule has 2 aromatic rings. The quantitative estimate of drug-likeness (QED) is 0.852. The zero-order chi connectivity index (χ0) is 17.1. The largest absolute Gasteiger partial charge is 0.333 e. The number of halogens is 1. The Balaban J connectivity index is 1.57. The van der Waals surface area contributed by atoms with Gasteiger partial charge in [-0.05, 0) is 26.0 Å². The second-order valence-corrected chi connectivity index (χ2v) is 6.72. The molecule has 1 aliphatic heterocycles. The number of carbonyl (C=O) groups is 1. The fraction of sp³-hybridized carbons (Fsp3) is 0.471. The molecule has 0 radical (unpaired) electrons. The Morgan fingerprint density at radius 3 is 2.58 bits per heavy atom. The van der Waals surface area contributed by atoms with Crippen LogP contribution in [0.2, 0.25) is 5.02 Å². The molecule has 3 rings (SSSR count). The van der Waals surface area contributed by atoms with Crippen LogP contribution in [-0.4, -0.2) is 56.4 Å². The van der Waals surface area contributed by atoms with Crippen LogP contribution in [-0.2, 0) is 6.54 Å². The molecule has 1 aliphatic rings. The lowest BCUT2D eigenvalue weighted by Crippen LogP contribution is -2.48. The Labute approximate surface area is 147 Å². The molecular weight excluding hydrogens is 326 g/mol. The number of pyridine rings is 1. The number of aromatic nitrogens is 3. The van der Waals surface area contributed by atoms with Crippen LogP contribution in [0.15, 0.2) is 30.7 Å². The Morgan fingerprint density at radius 1 is 1.21 bits per heavy atom. The Hall–Kier alpha value is -1.92. The minimum atomic E-state index is 0.0120. The van der Waals surface area contributed by atoms with Crippen molar-refractivity contribution >= 4 is 17.5 Å². The van der Waals surface area contributed by atoms with E-state index in [1.165, 1.54) is 0 Å². The molecular formula is C17H22ClN5O. The molecule has 1 amide bonds. The third-order valence-corrected chi connectivity index (χ3v) is 4.47. The van der Waals surface area contributed by atoms with Gasteiger partial charge in [-0.15, -0.1) is 0 Å². The fourth-order valence-corrected chi connectivity index (χ4v) is 2.99. The van der Waals surface area contributed by atoms with Gasteiger partial charge in [0.25, 0.3) is 5.91 Å². The summed E-state index contributed by atoms with van der Waals surface area (Å²) in [6.45, 7) is 7.95. The Kier molecular flexibility index (Phi) is 5.16. The number of carbonyl (C=O) groups excluding carboxylic acids is 1. The van der Waals surface area contributed by atoms with Gasteiger partial charge >= 0.3 is 0 Å². The van der Waals surface area contributed by atoms with Gasteiger partial charge in [-0.2, -0.15) is 0 Å². The molecule has 1 fully saturated rings. The molecule has 0 N–H and O–H groups in total. The third-order valence-electron chi connectivity index (χ3n) is 4.25. The number of nitrogens with zero attached hydrogens (tertiary/aromatic N) is 5. The maximum atomic E-state index is 12.7. The summed E-state index contributed by atoms with van der Waals surface area (Å²) in [7, 11) is 0. The van der Waals surface area contributed by atoms with Gasteiger partial charge in [0.15, 0.2) is 5.82 Å². The Morgan fingerprint density at radius 2 is 1.96 bits per heavy atom. The summed E-state index contributed by atoms with van der Waals surface area (Å²) in [6.07, 6.45) is 5.22. The van der Waals surface area contributed by atoms with Crippen molar-refractivity contribution in [2.75, 3.05) is 26.2 Å².